The van der Waals surface area contributed by atoms with Gasteiger partial charge in [0.15, 0.2) is 11.7 Å². The Morgan fingerprint density at radius 1 is 1.43 bits per heavy atom. The zero-order valence-electron chi connectivity index (χ0n) is 14.2. The van der Waals surface area contributed by atoms with Gasteiger partial charge in [-0.3, -0.25) is 4.79 Å². The minimum absolute atomic E-state index is 0.0169. The zero-order valence-corrected chi connectivity index (χ0v) is 15.7. The first-order valence-electron chi connectivity index (χ1n) is 8.30. The fourth-order valence-corrected chi connectivity index (χ4v) is 4.13. The number of halogens is 4. The minimum atomic E-state index is -4.54. The maximum absolute atomic E-state index is 13.7. The molecule has 2 N–H and O–H groups in total. The molecule has 0 bridgehead atoms. The standard InChI is InChI=1S/C17H14ClF3N4O2S/c18-13-14(16(26)22-8-9-3-1-5-27-9)24-25-12(17(19,20)21)7-10(23-15(13)25)11-4-2-6-28-11/h1-6,10,12,23H,7-8H2,(H,22,26)/t10-,12-/m1/s1. The molecule has 148 valence electrons. The Morgan fingerprint density at radius 3 is 2.89 bits per heavy atom. The number of hydrogen-bond donors (Lipinski definition) is 2. The second kappa shape index (κ2) is 7.17. The van der Waals surface area contributed by atoms with Crippen LogP contribution in [0.15, 0.2) is 40.3 Å². The fourth-order valence-electron chi connectivity index (χ4n) is 3.07. The average Bonchev–Trinajstić information content (AvgIpc) is 3.40. The molecule has 1 amide bonds. The number of fused-ring (bicyclic) bond motifs is 1. The van der Waals surface area contributed by atoms with E-state index in [1.165, 1.54) is 17.6 Å². The number of rotatable bonds is 4. The molecule has 3 aromatic rings. The van der Waals surface area contributed by atoms with Crippen LogP contribution >= 0.6 is 22.9 Å². The molecule has 0 fully saturated rings. The van der Waals surface area contributed by atoms with Gasteiger partial charge in [0, 0.05) is 11.3 Å². The van der Waals surface area contributed by atoms with Crippen LogP contribution in [0.3, 0.4) is 0 Å². The molecule has 0 spiro atoms. The third kappa shape index (κ3) is 3.49. The van der Waals surface area contributed by atoms with Crippen molar-refractivity contribution in [3.05, 3.63) is 57.3 Å². The van der Waals surface area contributed by atoms with Gasteiger partial charge < -0.3 is 15.1 Å². The quantitative estimate of drug-likeness (QED) is 0.624. The van der Waals surface area contributed by atoms with Crippen LogP contribution in [-0.2, 0) is 6.54 Å². The predicted molar refractivity (Wildman–Crippen MR) is 97.5 cm³/mol. The smallest absolute Gasteiger partial charge is 0.410 e. The summed E-state index contributed by atoms with van der Waals surface area (Å²) >= 11 is 7.60. The highest BCUT2D eigenvalue weighted by Gasteiger charge is 2.48. The minimum Gasteiger partial charge on any atom is -0.467 e. The van der Waals surface area contributed by atoms with E-state index in [2.05, 4.69) is 15.7 Å². The summed E-state index contributed by atoms with van der Waals surface area (Å²) in [6, 6.07) is 4.38. The van der Waals surface area contributed by atoms with Crippen molar-refractivity contribution < 1.29 is 22.4 Å². The third-order valence-electron chi connectivity index (χ3n) is 4.40. The van der Waals surface area contributed by atoms with Crippen LogP contribution in [0.5, 0.6) is 0 Å². The highest BCUT2D eigenvalue weighted by atomic mass is 35.5. The second-order valence-electron chi connectivity index (χ2n) is 6.22. The summed E-state index contributed by atoms with van der Waals surface area (Å²) < 4.78 is 46.9. The molecule has 0 unspecified atom stereocenters. The van der Waals surface area contributed by atoms with Gasteiger partial charge >= 0.3 is 6.18 Å². The topological polar surface area (TPSA) is 72.1 Å². The molecule has 1 aliphatic heterocycles. The molecule has 0 aliphatic carbocycles. The van der Waals surface area contributed by atoms with Gasteiger partial charge in [0.2, 0.25) is 0 Å². The molecule has 6 nitrogen and oxygen atoms in total. The van der Waals surface area contributed by atoms with Gasteiger partial charge in [0.05, 0.1) is 18.8 Å². The van der Waals surface area contributed by atoms with E-state index in [1.807, 2.05) is 0 Å². The number of carbonyl (C=O) groups is 1. The number of amides is 1. The maximum atomic E-state index is 13.7. The molecule has 0 saturated carbocycles. The molecule has 4 heterocycles. The van der Waals surface area contributed by atoms with Crippen molar-refractivity contribution in [3.8, 4) is 0 Å². The van der Waals surface area contributed by atoms with E-state index < -0.39 is 24.2 Å². The van der Waals surface area contributed by atoms with E-state index in [-0.39, 0.29) is 29.5 Å². The molecule has 4 rings (SSSR count). The van der Waals surface area contributed by atoms with Crippen molar-refractivity contribution in [3.63, 3.8) is 0 Å². The molecule has 1 aliphatic rings. The summed E-state index contributed by atoms with van der Waals surface area (Å²) in [5.41, 5.74) is -0.267. The maximum Gasteiger partial charge on any atom is 0.410 e. The van der Waals surface area contributed by atoms with Crippen LogP contribution in [0, 0.1) is 0 Å². The van der Waals surface area contributed by atoms with E-state index in [0.717, 1.165) is 9.56 Å². The summed E-state index contributed by atoms with van der Waals surface area (Å²) in [6.07, 6.45) is -3.33. The number of aromatic nitrogens is 2. The van der Waals surface area contributed by atoms with Gasteiger partial charge in [0.1, 0.15) is 16.6 Å². The molecular weight excluding hydrogens is 417 g/mol. The normalized spacial score (nSPS) is 19.1. The Labute approximate surface area is 166 Å². The van der Waals surface area contributed by atoms with Crippen LogP contribution in [0.1, 0.15) is 39.6 Å². The molecule has 11 heteroatoms. The SMILES string of the molecule is O=C(NCc1ccco1)c1nn2c(c1Cl)N[C@@H](c1cccs1)C[C@@H]2C(F)(F)F. The number of nitrogens with one attached hydrogen (secondary N) is 2. The summed E-state index contributed by atoms with van der Waals surface area (Å²) in [5.74, 6) is -0.201. The van der Waals surface area contributed by atoms with Gasteiger partial charge in [-0.2, -0.15) is 18.3 Å². The first-order chi connectivity index (χ1) is 13.3. The second-order valence-corrected chi connectivity index (χ2v) is 7.58. The van der Waals surface area contributed by atoms with Crippen LogP contribution in [0.2, 0.25) is 5.02 Å². The number of carbonyl (C=O) groups excluding carboxylic acids is 1. The van der Waals surface area contributed by atoms with Crippen LogP contribution in [0.4, 0.5) is 19.0 Å². The lowest BCUT2D eigenvalue weighted by Crippen LogP contribution is -2.35. The zero-order chi connectivity index (χ0) is 19.9. The largest absolute Gasteiger partial charge is 0.467 e. The molecule has 0 saturated heterocycles. The van der Waals surface area contributed by atoms with Gasteiger partial charge in [-0.05, 0) is 23.6 Å². The summed E-state index contributed by atoms with van der Waals surface area (Å²) in [4.78, 5) is 13.2. The summed E-state index contributed by atoms with van der Waals surface area (Å²) in [6.45, 7) is 0.0678. The Bertz CT molecular complexity index is 970. The molecule has 0 aromatic carbocycles. The predicted octanol–water partition coefficient (Wildman–Crippen LogP) is 4.78. The lowest BCUT2D eigenvalue weighted by molar-refractivity contribution is -0.173. The Morgan fingerprint density at radius 2 is 2.25 bits per heavy atom. The van der Waals surface area contributed by atoms with E-state index in [1.54, 1.807) is 29.6 Å². The van der Waals surface area contributed by atoms with Crippen molar-refractivity contribution in [2.24, 2.45) is 0 Å². The van der Waals surface area contributed by atoms with Gasteiger partial charge in [-0.25, -0.2) is 4.68 Å². The van der Waals surface area contributed by atoms with Gasteiger partial charge in [-0.1, -0.05) is 17.7 Å². The molecule has 28 heavy (non-hydrogen) atoms. The lowest BCUT2D eigenvalue weighted by atomic mass is 10.0. The molecular formula is C17H14ClF3N4O2S. The number of hydrogen-bond acceptors (Lipinski definition) is 5. The number of thiophene rings is 1. The Kier molecular flexibility index (Phi) is 4.84. The molecule has 3 aromatic heterocycles. The number of furan rings is 1. The number of nitrogens with zero attached hydrogens (tertiary/aromatic N) is 2. The fraction of sp³-hybridized carbons (Fsp3) is 0.294. The Hall–Kier alpha value is -2.46. The first-order valence-corrected chi connectivity index (χ1v) is 9.55. The van der Waals surface area contributed by atoms with Gasteiger partial charge in [-0.15, -0.1) is 11.3 Å². The third-order valence-corrected chi connectivity index (χ3v) is 5.74. The Balaban J connectivity index is 1.65. The van der Waals surface area contributed by atoms with Crippen molar-refractivity contribution in [2.75, 3.05) is 5.32 Å². The van der Waals surface area contributed by atoms with Crippen molar-refractivity contribution in [1.29, 1.82) is 0 Å². The van der Waals surface area contributed by atoms with Crippen LogP contribution in [-0.4, -0.2) is 21.9 Å². The van der Waals surface area contributed by atoms with Crippen molar-refractivity contribution in [1.82, 2.24) is 15.1 Å². The van der Waals surface area contributed by atoms with Crippen molar-refractivity contribution >= 4 is 34.7 Å². The molecule has 2 atom stereocenters. The van der Waals surface area contributed by atoms with E-state index in [4.69, 9.17) is 16.0 Å². The highest BCUT2D eigenvalue weighted by molar-refractivity contribution is 7.10. The number of alkyl halides is 3. The number of anilines is 1. The van der Waals surface area contributed by atoms with Crippen molar-refractivity contribution in [2.45, 2.75) is 31.2 Å². The van der Waals surface area contributed by atoms with Gasteiger partial charge in [0.25, 0.3) is 5.91 Å². The van der Waals surface area contributed by atoms with E-state index in [9.17, 15) is 18.0 Å². The lowest BCUT2D eigenvalue weighted by Gasteiger charge is -2.32. The van der Waals surface area contributed by atoms with E-state index >= 15 is 0 Å². The summed E-state index contributed by atoms with van der Waals surface area (Å²) in [5, 5.41) is 11.1. The average molecular weight is 431 g/mol. The van der Waals surface area contributed by atoms with Crippen LogP contribution < -0.4 is 10.6 Å². The highest BCUT2D eigenvalue weighted by Crippen LogP contribution is 2.46. The monoisotopic (exact) mass is 430 g/mol. The van der Waals surface area contributed by atoms with E-state index in [0.29, 0.717) is 5.76 Å². The molecule has 0 radical (unpaired) electrons. The summed E-state index contributed by atoms with van der Waals surface area (Å²) in [7, 11) is 0. The first kappa shape index (κ1) is 18.9. The van der Waals surface area contributed by atoms with Crippen LogP contribution in [0.25, 0.3) is 0 Å².